The molecule has 0 aliphatic carbocycles. The van der Waals surface area contributed by atoms with Crippen molar-refractivity contribution in [1.29, 1.82) is 0 Å². The topological polar surface area (TPSA) is 0 Å². The average Bonchev–Trinajstić information content (AvgIpc) is 2.08. The average molecular weight is 195 g/mol. The SMILES string of the molecule is Cc1c(F)c(C)c(F)c(Cl)c1F. The van der Waals surface area contributed by atoms with E-state index < -0.39 is 22.5 Å². The first kappa shape index (κ1) is 9.39. The second-order valence-electron chi connectivity index (χ2n) is 2.51. The van der Waals surface area contributed by atoms with Crippen molar-refractivity contribution in [2.75, 3.05) is 0 Å². The molecule has 0 aliphatic heterocycles. The molecule has 0 aliphatic rings. The van der Waals surface area contributed by atoms with Crippen LogP contribution in [0.25, 0.3) is 0 Å². The third-order valence-corrected chi connectivity index (χ3v) is 2.03. The summed E-state index contributed by atoms with van der Waals surface area (Å²) < 4.78 is 38.5. The second-order valence-corrected chi connectivity index (χ2v) is 2.88. The molecule has 0 amide bonds. The van der Waals surface area contributed by atoms with E-state index in [1.54, 1.807) is 0 Å². The van der Waals surface area contributed by atoms with Crippen molar-refractivity contribution in [2.24, 2.45) is 0 Å². The van der Waals surface area contributed by atoms with E-state index in [9.17, 15) is 13.2 Å². The molecule has 0 unspecified atom stereocenters. The molecule has 0 heterocycles. The maximum Gasteiger partial charge on any atom is 0.150 e. The summed E-state index contributed by atoms with van der Waals surface area (Å²) in [5.41, 5.74) is -0.502. The zero-order valence-electron chi connectivity index (χ0n) is 6.51. The molecular formula is C8H6ClF3. The molecule has 0 N–H and O–H groups in total. The molecule has 0 aromatic heterocycles. The van der Waals surface area contributed by atoms with Gasteiger partial charge in [-0.1, -0.05) is 11.6 Å². The summed E-state index contributed by atoms with van der Waals surface area (Å²) in [6.07, 6.45) is 0. The summed E-state index contributed by atoms with van der Waals surface area (Å²) in [7, 11) is 0. The number of benzene rings is 1. The van der Waals surface area contributed by atoms with Gasteiger partial charge in [-0.25, -0.2) is 13.2 Å². The predicted octanol–water partition coefficient (Wildman–Crippen LogP) is 3.37. The first-order valence-electron chi connectivity index (χ1n) is 3.26. The second kappa shape index (κ2) is 2.98. The molecule has 0 spiro atoms. The van der Waals surface area contributed by atoms with Crippen LogP contribution in [0.2, 0.25) is 5.02 Å². The minimum atomic E-state index is -1.03. The quantitative estimate of drug-likeness (QED) is 0.439. The van der Waals surface area contributed by atoms with Crippen molar-refractivity contribution in [1.82, 2.24) is 0 Å². The Balaban J connectivity index is 3.60. The highest BCUT2D eigenvalue weighted by Crippen LogP contribution is 2.27. The Bertz CT molecular complexity index is 229. The van der Waals surface area contributed by atoms with Gasteiger partial charge in [0.25, 0.3) is 0 Å². The van der Waals surface area contributed by atoms with E-state index in [1.807, 2.05) is 0 Å². The smallest absolute Gasteiger partial charge is 0.150 e. The van der Waals surface area contributed by atoms with Crippen molar-refractivity contribution in [3.05, 3.63) is 33.6 Å². The zero-order valence-corrected chi connectivity index (χ0v) is 7.27. The molecule has 1 aromatic rings. The van der Waals surface area contributed by atoms with Gasteiger partial charge in [-0.2, -0.15) is 0 Å². The van der Waals surface area contributed by atoms with E-state index in [0.29, 0.717) is 0 Å². The zero-order chi connectivity index (χ0) is 9.46. The predicted molar refractivity (Wildman–Crippen MR) is 40.8 cm³/mol. The van der Waals surface area contributed by atoms with Crippen molar-refractivity contribution in [3.63, 3.8) is 0 Å². The summed E-state index contributed by atoms with van der Waals surface area (Å²) in [5, 5.41) is -0.647. The number of hydrogen-bond donors (Lipinski definition) is 0. The lowest BCUT2D eigenvalue weighted by molar-refractivity contribution is 0.522. The van der Waals surface area contributed by atoms with Gasteiger partial charge in [0, 0.05) is 11.1 Å². The van der Waals surface area contributed by atoms with E-state index >= 15 is 0 Å². The lowest BCUT2D eigenvalue weighted by atomic mass is 10.1. The highest BCUT2D eigenvalue weighted by molar-refractivity contribution is 6.31. The third kappa shape index (κ3) is 1.18. The molecular weight excluding hydrogens is 189 g/mol. The van der Waals surface area contributed by atoms with E-state index in [2.05, 4.69) is 0 Å². The summed E-state index contributed by atoms with van der Waals surface area (Å²) in [5.74, 6) is -2.94. The Morgan fingerprint density at radius 3 is 1.50 bits per heavy atom. The fraction of sp³-hybridized carbons (Fsp3) is 0.250. The molecule has 0 saturated carbocycles. The van der Waals surface area contributed by atoms with Crippen LogP contribution in [0.1, 0.15) is 11.1 Å². The van der Waals surface area contributed by atoms with Crippen molar-refractivity contribution in [2.45, 2.75) is 13.8 Å². The number of hydrogen-bond acceptors (Lipinski definition) is 0. The molecule has 0 fully saturated rings. The van der Waals surface area contributed by atoms with Gasteiger partial charge in [-0.05, 0) is 13.8 Å². The van der Waals surface area contributed by atoms with Crippen LogP contribution in [0.4, 0.5) is 13.2 Å². The summed E-state index contributed by atoms with van der Waals surface area (Å²) in [6, 6.07) is 0. The maximum atomic E-state index is 12.9. The molecule has 66 valence electrons. The van der Waals surface area contributed by atoms with Gasteiger partial charge in [0.2, 0.25) is 0 Å². The molecule has 12 heavy (non-hydrogen) atoms. The molecule has 4 heteroatoms. The lowest BCUT2D eigenvalue weighted by Crippen LogP contribution is -1.98. The fourth-order valence-electron chi connectivity index (χ4n) is 0.900. The van der Waals surface area contributed by atoms with E-state index in [4.69, 9.17) is 11.6 Å². The van der Waals surface area contributed by atoms with Crippen molar-refractivity contribution in [3.8, 4) is 0 Å². The first-order chi connectivity index (χ1) is 5.46. The van der Waals surface area contributed by atoms with Crippen LogP contribution in [0.15, 0.2) is 0 Å². The van der Waals surface area contributed by atoms with Crippen LogP contribution in [0.3, 0.4) is 0 Å². The Hall–Kier alpha value is -0.700. The molecule has 0 nitrogen and oxygen atoms in total. The van der Waals surface area contributed by atoms with E-state index in [-0.39, 0.29) is 11.1 Å². The minimum absolute atomic E-state index is 0.251. The van der Waals surface area contributed by atoms with Crippen LogP contribution in [-0.2, 0) is 0 Å². The largest absolute Gasteiger partial charge is 0.206 e. The van der Waals surface area contributed by atoms with Gasteiger partial charge >= 0.3 is 0 Å². The van der Waals surface area contributed by atoms with Gasteiger partial charge in [0.15, 0.2) is 11.6 Å². The monoisotopic (exact) mass is 194 g/mol. The van der Waals surface area contributed by atoms with Crippen LogP contribution < -0.4 is 0 Å². The minimum Gasteiger partial charge on any atom is -0.206 e. The Kier molecular flexibility index (Phi) is 2.33. The summed E-state index contributed by atoms with van der Waals surface area (Å²) in [4.78, 5) is 0. The molecule has 0 radical (unpaired) electrons. The standard InChI is InChI=1S/C8H6ClF3/c1-3-6(10)4(2)8(12)5(9)7(3)11/h1-2H3. The van der Waals surface area contributed by atoms with Gasteiger partial charge in [-0.3, -0.25) is 0 Å². The Labute approximate surface area is 73.0 Å². The van der Waals surface area contributed by atoms with Crippen LogP contribution >= 0.6 is 11.6 Å². The fourth-order valence-corrected chi connectivity index (χ4v) is 1.18. The highest BCUT2D eigenvalue weighted by atomic mass is 35.5. The molecule has 0 atom stereocenters. The molecule has 1 rings (SSSR count). The van der Waals surface area contributed by atoms with Crippen molar-refractivity contribution < 1.29 is 13.2 Å². The Morgan fingerprint density at radius 1 is 0.833 bits per heavy atom. The first-order valence-corrected chi connectivity index (χ1v) is 3.63. The van der Waals surface area contributed by atoms with Crippen molar-refractivity contribution >= 4 is 11.6 Å². The number of halogens is 4. The van der Waals surface area contributed by atoms with Gasteiger partial charge in [0.1, 0.15) is 10.8 Å². The maximum absolute atomic E-state index is 12.9. The number of rotatable bonds is 0. The normalized spacial score (nSPS) is 10.5. The van der Waals surface area contributed by atoms with E-state index in [0.717, 1.165) is 0 Å². The Morgan fingerprint density at radius 2 is 1.17 bits per heavy atom. The van der Waals surface area contributed by atoms with Gasteiger partial charge < -0.3 is 0 Å². The molecule has 1 aromatic carbocycles. The summed E-state index contributed by atoms with van der Waals surface area (Å²) >= 11 is 5.24. The lowest BCUT2D eigenvalue weighted by Gasteiger charge is -2.05. The van der Waals surface area contributed by atoms with Crippen LogP contribution in [0, 0.1) is 31.3 Å². The van der Waals surface area contributed by atoms with Gasteiger partial charge in [-0.15, -0.1) is 0 Å². The van der Waals surface area contributed by atoms with Crippen LogP contribution in [-0.4, -0.2) is 0 Å². The van der Waals surface area contributed by atoms with Gasteiger partial charge in [0.05, 0.1) is 0 Å². The highest BCUT2D eigenvalue weighted by Gasteiger charge is 2.18. The summed E-state index contributed by atoms with van der Waals surface area (Å²) in [6.45, 7) is 2.42. The third-order valence-electron chi connectivity index (χ3n) is 1.70. The molecule has 0 bridgehead atoms. The molecule has 0 saturated heterocycles. The van der Waals surface area contributed by atoms with Crippen LogP contribution in [0.5, 0.6) is 0 Å². The van der Waals surface area contributed by atoms with E-state index in [1.165, 1.54) is 13.8 Å².